The number of nitrogens with one attached hydrogen (secondary N) is 1. The number of amides is 1. The van der Waals surface area contributed by atoms with Gasteiger partial charge in [0.15, 0.2) is 0 Å². The minimum absolute atomic E-state index is 0.326. The van der Waals surface area contributed by atoms with Crippen LogP contribution in [0.1, 0.15) is 33.6 Å². The molecule has 4 nitrogen and oxygen atoms in total. The minimum Gasteiger partial charge on any atom is -0.341 e. The summed E-state index contributed by atoms with van der Waals surface area (Å²) in [4.78, 5) is 16.9. The van der Waals surface area contributed by atoms with Gasteiger partial charge in [-0.15, -0.1) is 0 Å². The maximum atomic E-state index is 12.5. The van der Waals surface area contributed by atoms with E-state index < -0.39 is 0 Å². The highest BCUT2D eigenvalue weighted by atomic mass is 16.2. The Morgan fingerprint density at radius 3 is 2.53 bits per heavy atom. The van der Waals surface area contributed by atoms with Gasteiger partial charge in [-0.2, -0.15) is 0 Å². The standard InChI is InChI=1S/C15H29N3O/c1-4-17(14-5-6-16-8-14)11-15(19)18-9-12(2)7-13(3)10-18/h12-14,16H,4-11H2,1-3H3. The molecule has 0 aliphatic carbocycles. The summed E-state index contributed by atoms with van der Waals surface area (Å²) in [6.45, 7) is 12.3. The van der Waals surface area contributed by atoms with E-state index >= 15 is 0 Å². The second-order valence-electron chi connectivity index (χ2n) is 6.45. The van der Waals surface area contributed by atoms with Crippen molar-refractivity contribution >= 4 is 5.91 Å². The normalized spacial score (nSPS) is 32.0. The molecule has 2 rings (SSSR count). The SMILES string of the molecule is CCN(CC(=O)N1CC(C)CC(C)C1)C1CCNC1. The van der Waals surface area contributed by atoms with E-state index in [9.17, 15) is 4.79 Å². The predicted octanol–water partition coefficient (Wildman–Crippen LogP) is 1.17. The van der Waals surface area contributed by atoms with Crippen LogP contribution in [-0.2, 0) is 4.79 Å². The smallest absolute Gasteiger partial charge is 0.236 e. The Kier molecular flexibility index (Phi) is 5.22. The number of likely N-dealkylation sites (N-methyl/N-ethyl adjacent to an activating group) is 1. The van der Waals surface area contributed by atoms with Crippen molar-refractivity contribution in [3.05, 3.63) is 0 Å². The number of rotatable bonds is 4. The fraction of sp³-hybridized carbons (Fsp3) is 0.933. The van der Waals surface area contributed by atoms with Crippen molar-refractivity contribution in [1.29, 1.82) is 0 Å². The Labute approximate surface area is 117 Å². The first kappa shape index (κ1) is 14.8. The Hall–Kier alpha value is -0.610. The molecule has 2 saturated heterocycles. The van der Waals surface area contributed by atoms with E-state index in [4.69, 9.17) is 0 Å². The molecule has 110 valence electrons. The zero-order valence-corrected chi connectivity index (χ0v) is 12.7. The molecule has 0 spiro atoms. The van der Waals surface area contributed by atoms with E-state index in [0.717, 1.165) is 32.7 Å². The maximum Gasteiger partial charge on any atom is 0.236 e. The second kappa shape index (κ2) is 6.71. The third-order valence-electron chi connectivity index (χ3n) is 4.52. The van der Waals surface area contributed by atoms with Gasteiger partial charge in [0.2, 0.25) is 5.91 Å². The summed E-state index contributed by atoms with van der Waals surface area (Å²) < 4.78 is 0. The molecule has 0 bridgehead atoms. The first-order valence-corrected chi connectivity index (χ1v) is 7.82. The minimum atomic E-state index is 0.326. The summed E-state index contributed by atoms with van der Waals surface area (Å²) in [6, 6.07) is 0.550. The van der Waals surface area contributed by atoms with Crippen LogP contribution in [0, 0.1) is 11.8 Å². The summed E-state index contributed by atoms with van der Waals surface area (Å²) in [5.41, 5.74) is 0. The first-order valence-electron chi connectivity index (χ1n) is 7.82. The molecule has 2 aliphatic heterocycles. The van der Waals surface area contributed by atoms with Crippen molar-refractivity contribution in [1.82, 2.24) is 15.1 Å². The summed E-state index contributed by atoms with van der Waals surface area (Å²) in [7, 11) is 0. The fourth-order valence-corrected chi connectivity index (χ4v) is 3.59. The summed E-state index contributed by atoms with van der Waals surface area (Å²) in [6.07, 6.45) is 2.43. The number of hydrogen-bond donors (Lipinski definition) is 1. The molecule has 3 atom stereocenters. The zero-order chi connectivity index (χ0) is 13.8. The fourth-order valence-electron chi connectivity index (χ4n) is 3.59. The summed E-state index contributed by atoms with van der Waals surface area (Å²) in [5, 5.41) is 3.39. The molecule has 0 radical (unpaired) electrons. The molecule has 1 N–H and O–H groups in total. The molecule has 0 aromatic heterocycles. The first-order chi connectivity index (χ1) is 9.10. The lowest BCUT2D eigenvalue weighted by Crippen LogP contribution is -2.49. The largest absolute Gasteiger partial charge is 0.341 e. The van der Waals surface area contributed by atoms with Crippen molar-refractivity contribution in [3.8, 4) is 0 Å². The van der Waals surface area contributed by atoms with Crippen LogP contribution in [0.4, 0.5) is 0 Å². The van der Waals surface area contributed by atoms with Crippen LogP contribution in [0.3, 0.4) is 0 Å². The van der Waals surface area contributed by atoms with Crippen LogP contribution in [0.5, 0.6) is 0 Å². The molecule has 2 aliphatic rings. The molecule has 0 saturated carbocycles. The van der Waals surface area contributed by atoms with Crippen molar-refractivity contribution < 1.29 is 4.79 Å². The number of piperidine rings is 1. The van der Waals surface area contributed by atoms with Gasteiger partial charge >= 0.3 is 0 Å². The van der Waals surface area contributed by atoms with Crippen molar-refractivity contribution in [2.24, 2.45) is 11.8 Å². The highest BCUT2D eigenvalue weighted by Crippen LogP contribution is 2.21. The van der Waals surface area contributed by atoms with E-state index in [1.54, 1.807) is 0 Å². The maximum absolute atomic E-state index is 12.5. The topological polar surface area (TPSA) is 35.6 Å². The van der Waals surface area contributed by atoms with Crippen LogP contribution < -0.4 is 5.32 Å². The number of carbonyl (C=O) groups is 1. The second-order valence-corrected chi connectivity index (χ2v) is 6.45. The van der Waals surface area contributed by atoms with E-state index in [1.807, 2.05) is 0 Å². The van der Waals surface area contributed by atoms with Crippen LogP contribution in [0.15, 0.2) is 0 Å². The van der Waals surface area contributed by atoms with Gasteiger partial charge in [-0.3, -0.25) is 9.69 Å². The van der Waals surface area contributed by atoms with Gasteiger partial charge in [0.25, 0.3) is 0 Å². The Balaban J connectivity index is 1.87. The van der Waals surface area contributed by atoms with Gasteiger partial charge in [-0.1, -0.05) is 20.8 Å². The lowest BCUT2D eigenvalue weighted by Gasteiger charge is -2.37. The Morgan fingerprint density at radius 1 is 1.32 bits per heavy atom. The monoisotopic (exact) mass is 267 g/mol. The molecule has 1 amide bonds. The molecule has 0 aromatic carbocycles. The lowest BCUT2D eigenvalue weighted by molar-refractivity contribution is -0.135. The molecule has 19 heavy (non-hydrogen) atoms. The third kappa shape index (κ3) is 3.93. The molecule has 4 heteroatoms. The van der Waals surface area contributed by atoms with Gasteiger partial charge < -0.3 is 10.2 Å². The Morgan fingerprint density at radius 2 is 2.00 bits per heavy atom. The predicted molar refractivity (Wildman–Crippen MR) is 78.0 cm³/mol. The van der Waals surface area contributed by atoms with Gasteiger partial charge in [-0.25, -0.2) is 0 Å². The van der Waals surface area contributed by atoms with E-state index in [-0.39, 0.29) is 0 Å². The molecular weight excluding hydrogens is 238 g/mol. The molecule has 3 unspecified atom stereocenters. The molecule has 2 heterocycles. The van der Waals surface area contributed by atoms with Crippen LogP contribution >= 0.6 is 0 Å². The number of likely N-dealkylation sites (tertiary alicyclic amines) is 1. The van der Waals surface area contributed by atoms with E-state index in [2.05, 4.69) is 35.9 Å². The van der Waals surface area contributed by atoms with Gasteiger partial charge in [0.1, 0.15) is 0 Å². The molecule has 0 aromatic rings. The molecular formula is C15H29N3O. The highest BCUT2D eigenvalue weighted by Gasteiger charge is 2.28. The van der Waals surface area contributed by atoms with Gasteiger partial charge in [0, 0.05) is 25.7 Å². The lowest BCUT2D eigenvalue weighted by atomic mass is 9.92. The highest BCUT2D eigenvalue weighted by molar-refractivity contribution is 5.78. The van der Waals surface area contributed by atoms with E-state index in [0.29, 0.717) is 30.3 Å². The molecule has 2 fully saturated rings. The third-order valence-corrected chi connectivity index (χ3v) is 4.52. The van der Waals surface area contributed by atoms with Crippen LogP contribution in [0.25, 0.3) is 0 Å². The van der Waals surface area contributed by atoms with Crippen molar-refractivity contribution in [2.45, 2.75) is 39.7 Å². The zero-order valence-electron chi connectivity index (χ0n) is 12.7. The average Bonchev–Trinajstić information content (AvgIpc) is 2.88. The number of nitrogens with zero attached hydrogens (tertiary/aromatic N) is 2. The van der Waals surface area contributed by atoms with Crippen LogP contribution in [0.2, 0.25) is 0 Å². The number of carbonyl (C=O) groups excluding carboxylic acids is 1. The summed E-state index contributed by atoms with van der Waals surface area (Å²) in [5.74, 6) is 1.62. The van der Waals surface area contributed by atoms with Gasteiger partial charge in [0.05, 0.1) is 6.54 Å². The Bertz CT molecular complexity index is 292. The van der Waals surface area contributed by atoms with Crippen molar-refractivity contribution in [2.75, 3.05) is 39.3 Å². The van der Waals surface area contributed by atoms with Crippen molar-refractivity contribution in [3.63, 3.8) is 0 Å². The van der Waals surface area contributed by atoms with Gasteiger partial charge in [-0.05, 0) is 37.8 Å². The van der Waals surface area contributed by atoms with E-state index in [1.165, 1.54) is 12.8 Å². The number of hydrogen-bond acceptors (Lipinski definition) is 3. The quantitative estimate of drug-likeness (QED) is 0.831. The van der Waals surface area contributed by atoms with Crippen LogP contribution in [-0.4, -0.2) is 61.0 Å². The summed E-state index contributed by atoms with van der Waals surface area (Å²) >= 11 is 0. The average molecular weight is 267 g/mol.